The van der Waals surface area contributed by atoms with Crippen LogP contribution in [-0.2, 0) is 6.54 Å². The van der Waals surface area contributed by atoms with Crippen molar-refractivity contribution in [2.45, 2.75) is 25.5 Å². The molecule has 1 atom stereocenters. The van der Waals surface area contributed by atoms with E-state index in [4.69, 9.17) is 5.53 Å². The summed E-state index contributed by atoms with van der Waals surface area (Å²) in [5.41, 5.74) is 11.0. The Bertz CT molecular complexity index is 1780. The number of aliphatic hydroxyl groups is 1. The lowest BCUT2D eigenvalue weighted by Crippen LogP contribution is -2.37. The van der Waals surface area contributed by atoms with Crippen LogP contribution >= 0.6 is 22.7 Å². The first kappa shape index (κ1) is 31.3. The van der Waals surface area contributed by atoms with E-state index in [9.17, 15) is 14.7 Å². The smallest absolute Gasteiger partial charge is 0.326 e. The van der Waals surface area contributed by atoms with Crippen LogP contribution in [0.2, 0.25) is 0 Å². The fourth-order valence-corrected chi connectivity index (χ4v) is 5.91. The number of rotatable bonds is 7. The first-order valence-corrected chi connectivity index (χ1v) is 15.5. The van der Waals surface area contributed by atoms with Gasteiger partial charge in [-0.2, -0.15) is 0 Å². The topological polar surface area (TPSA) is 195 Å². The molecule has 5 aromatic rings. The van der Waals surface area contributed by atoms with E-state index in [0.29, 0.717) is 29.7 Å². The van der Waals surface area contributed by atoms with Gasteiger partial charge in [-0.3, -0.25) is 30.3 Å². The van der Waals surface area contributed by atoms with Gasteiger partial charge in [0.2, 0.25) is 0 Å². The lowest BCUT2D eigenvalue weighted by Gasteiger charge is -2.29. The molecule has 0 aliphatic carbocycles. The fourth-order valence-electron chi connectivity index (χ4n) is 4.35. The Morgan fingerprint density at radius 3 is 2.29 bits per heavy atom. The lowest BCUT2D eigenvalue weighted by molar-refractivity contribution is 0.0662. The third-order valence-electron chi connectivity index (χ3n) is 6.37. The highest BCUT2D eigenvalue weighted by Gasteiger charge is 2.18. The van der Waals surface area contributed by atoms with Crippen LogP contribution < -0.4 is 10.6 Å². The van der Waals surface area contributed by atoms with Gasteiger partial charge in [-0.25, -0.2) is 19.7 Å². The molecule has 228 valence electrons. The molecule has 0 spiro atoms. The van der Waals surface area contributed by atoms with Crippen molar-refractivity contribution in [1.29, 1.82) is 0 Å². The van der Waals surface area contributed by atoms with E-state index >= 15 is 0 Å². The number of azide groups is 1. The molecule has 14 nitrogen and oxygen atoms in total. The number of urea groups is 1. The molecule has 5 aromatic heterocycles. The number of pyridine rings is 3. The maximum absolute atomic E-state index is 12.3. The second kappa shape index (κ2) is 15.6. The van der Waals surface area contributed by atoms with Gasteiger partial charge < -0.3 is 5.11 Å². The van der Waals surface area contributed by atoms with E-state index in [1.165, 1.54) is 22.7 Å². The van der Waals surface area contributed by atoms with E-state index in [1.54, 1.807) is 53.7 Å². The van der Waals surface area contributed by atoms with Crippen LogP contribution in [0.4, 0.5) is 16.4 Å². The Hall–Kier alpha value is -5.12. The number of piperidine rings is 1. The maximum atomic E-state index is 12.3. The second-order valence-corrected chi connectivity index (χ2v) is 11.4. The third-order valence-corrected chi connectivity index (χ3v) is 8.16. The van der Waals surface area contributed by atoms with Crippen molar-refractivity contribution < 1.29 is 14.7 Å². The Labute approximate surface area is 265 Å². The standard InChI is InChI=1S/C20H22N6O2S.C9H5N5OS/c27-16-4-2-10-26(12-16)11-15-3-1-5-17(22-15)24-20(28)25-18-13-29-19(23-18)14-6-8-21-9-7-14;10-14-13-8(15)7-5-16-9(12-7)6-1-3-11-4-2-6/h1,3,5-9,13,16,27H,2,4,10-12H2,(H2,22,24,25,28);1-5H. The van der Waals surface area contributed by atoms with Gasteiger partial charge in [0.15, 0.2) is 0 Å². The van der Waals surface area contributed by atoms with Crippen molar-refractivity contribution in [3.05, 3.63) is 99.8 Å². The van der Waals surface area contributed by atoms with Gasteiger partial charge in [0.05, 0.1) is 11.8 Å². The minimum Gasteiger partial charge on any atom is -0.392 e. The molecule has 6 heterocycles. The molecule has 0 aromatic carbocycles. The number of carbonyl (C=O) groups is 2. The van der Waals surface area contributed by atoms with Crippen LogP contribution in [0.25, 0.3) is 31.6 Å². The Morgan fingerprint density at radius 1 is 0.933 bits per heavy atom. The van der Waals surface area contributed by atoms with Gasteiger partial charge in [0.1, 0.15) is 27.3 Å². The molecule has 1 fully saturated rings. The summed E-state index contributed by atoms with van der Waals surface area (Å²) in [6, 6.07) is 12.5. The Balaban J connectivity index is 0.000000211. The molecular formula is C29H27N11O3S2. The number of amides is 3. The summed E-state index contributed by atoms with van der Waals surface area (Å²) in [6.45, 7) is 2.25. The SMILES string of the molecule is O=C(Nc1cccc(CN2CCCC(O)C2)n1)Nc1csc(-c2ccncc2)n1.[N-]=[N+]=NC(=O)c1csc(-c2ccncc2)n1. The summed E-state index contributed by atoms with van der Waals surface area (Å²) in [6.07, 6.45) is 8.27. The summed E-state index contributed by atoms with van der Waals surface area (Å²) < 4.78 is 0. The average Bonchev–Trinajstić information content (AvgIpc) is 3.73. The number of thiazole rings is 2. The molecule has 0 bridgehead atoms. The summed E-state index contributed by atoms with van der Waals surface area (Å²) in [7, 11) is 0. The van der Waals surface area contributed by atoms with Crippen LogP contribution in [0.5, 0.6) is 0 Å². The zero-order valence-electron chi connectivity index (χ0n) is 23.7. The minimum absolute atomic E-state index is 0.162. The van der Waals surface area contributed by atoms with Crippen LogP contribution in [0.1, 0.15) is 29.0 Å². The number of nitrogens with zero attached hydrogens (tertiary/aromatic N) is 9. The molecule has 1 unspecified atom stereocenters. The van der Waals surface area contributed by atoms with Crippen molar-refractivity contribution >= 4 is 46.2 Å². The van der Waals surface area contributed by atoms with Gasteiger partial charge in [0.25, 0.3) is 5.91 Å². The number of likely N-dealkylation sites (tertiary alicyclic amines) is 1. The van der Waals surface area contributed by atoms with Crippen LogP contribution in [-0.4, -0.2) is 66.1 Å². The summed E-state index contributed by atoms with van der Waals surface area (Å²) >= 11 is 2.76. The summed E-state index contributed by atoms with van der Waals surface area (Å²) in [4.78, 5) is 49.0. The van der Waals surface area contributed by atoms with Crippen molar-refractivity contribution in [3.8, 4) is 21.1 Å². The van der Waals surface area contributed by atoms with Gasteiger partial charge in [-0.15, -0.1) is 22.7 Å². The predicted molar refractivity (Wildman–Crippen MR) is 172 cm³/mol. The maximum Gasteiger partial charge on any atom is 0.326 e. The monoisotopic (exact) mass is 641 g/mol. The zero-order valence-corrected chi connectivity index (χ0v) is 25.4. The molecule has 1 aliphatic rings. The number of anilines is 2. The molecule has 0 radical (unpaired) electrons. The van der Waals surface area contributed by atoms with E-state index in [-0.39, 0.29) is 11.8 Å². The first-order valence-electron chi connectivity index (χ1n) is 13.7. The van der Waals surface area contributed by atoms with Crippen LogP contribution in [0.15, 0.2) is 83.1 Å². The number of aliphatic hydroxyl groups excluding tert-OH is 1. The average molecular weight is 642 g/mol. The van der Waals surface area contributed by atoms with Crippen molar-refractivity contribution in [2.75, 3.05) is 23.7 Å². The third kappa shape index (κ3) is 9.18. The Kier molecular flexibility index (Phi) is 10.8. The largest absolute Gasteiger partial charge is 0.392 e. The number of aromatic nitrogens is 5. The van der Waals surface area contributed by atoms with Crippen LogP contribution in [0.3, 0.4) is 0 Å². The highest BCUT2D eigenvalue weighted by molar-refractivity contribution is 7.13. The number of β-amino-alcohol motifs (C(OH)–C–C–N with tert-alkyl or cyclic N) is 1. The van der Waals surface area contributed by atoms with E-state index in [0.717, 1.165) is 41.2 Å². The highest BCUT2D eigenvalue weighted by Crippen LogP contribution is 2.25. The molecule has 45 heavy (non-hydrogen) atoms. The second-order valence-electron chi connectivity index (χ2n) is 9.67. The van der Waals surface area contributed by atoms with Gasteiger partial charge in [-0.05, 0) is 66.4 Å². The Morgan fingerprint density at radius 2 is 1.60 bits per heavy atom. The molecule has 3 amide bonds. The van der Waals surface area contributed by atoms with Crippen molar-refractivity contribution in [3.63, 3.8) is 0 Å². The van der Waals surface area contributed by atoms with Gasteiger partial charge in [0, 0.05) is 64.7 Å². The molecule has 3 N–H and O–H groups in total. The summed E-state index contributed by atoms with van der Waals surface area (Å²) in [5.74, 6) is 0.291. The molecule has 1 saturated heterocycles. The van der Waals surface area contributed by atoms with Crippen molar-refractivity contribution in [1.82, 2.24) is 29.8 Å². The van der Waals surface area contributed by atoms with Crippen LogP contribution in [0, 0.1) is 0 Å². The quantitative estimate of drug-likeness (QED) is 0.111. The first-order chi connectivity index (χ1) is 22.0. The molecule has 16 heteroatoms. The van der Waals surface area contributed by atoms with Gasteiger partial charge >= 0.3 is 6.03 Å². The zero-order chi connectivity index (χ0) is 31.4. The molecule has 0 saturated carbocycles. The van der Waals surface area contributed by atoms with E-state index in [2.05, 4.69) is 50.5 Å². The van der Waals surface area contributed by atoms with Gasteiger partial charge in [-0.1, -0.05) is 6.07 Å². The normalized spacial score (nSPS) is 14.4. The molecule has 1 aliphatic heterocycles. The van der Waals surface area contributed by atoms with Crippen molar-refractivity contribution in [2.24, 2.45) is 5.11 Å². The highest BCUT2D eigenvalue weighted by atomic mass is 32.1. The lowest BCUT2D eigenvalue weighted by atomic mass is 10.1. The number of carbonyl (C=O) groups excluding carboxylic acids is 2. The molecular weight excluding hydrogens is 615 g/mol. The number of nitrogens with one attached hydrogen (secondary N) is 2. The summed E-state index contributed by atoms with van der Waals surface area (Å²) in [5, 5.41) is 23.1. The van der Waals surface area contributed by atoms with E-state index < -0.39 is 11.9 Å². The minimum atomic E-state index is -0.668. The fraction of sp³-hybridized carbons (Fsp3) is 0.207. The number of hydrogen-bond acceptors (Lipinski definition) is 11. The van der Waals surface area contributed by atoms with E-state index in [1.807, 2.05) is 24.3 Å². The molecule has 6 rings (SSSR count). The predicted octanol–water partition coefficient (Wildman–Crippen LogP) is 5.86. The number of hydrogen-bond donors (Lipinski definition) is 3.